The second-order valence-corrected chi connectivity index (χ2v) is 6.67. The maximum absolute atomic E-state index is 12.1. The normalized spacial score (nSPS) is 10.6. The van der Waals surface area contributed by atoms with Crippen molar-refractivity contribution in [1.82, 2.24) is 4.98 Å². The molecule has 0 spiro atoms. The molecule has 25 heavy (non-hydrogen) atoms. The quantitative estimate of drug-likeness (QED) is 0.697. The Hall–Kier alpha value is -2.73. The molecule has 0 fully saturated rings. The van der Waals surface area contributed by atoms with Gasteiger partial charge in [-0.3, -0.25) is 9.59 Å². The molecule has 0 unspecified atom stereocenters. The van der Waals surface area contributed by atoms with Gasteiger partial charge in [-0.1, -0.05) is 48.6 Å². The molecule has 3 aromatic rings. The molecule has 1 aromatic heterocycles. The molecule has 0 radical (unpaired) electrons. The fraction of sp³-hybridized carbons (Fsp3) is 0.211. The van der Waals surface area contributed by atoms with Gasteiger partial charge in [-0.2, -0.15) is 0 Å². The number of aryl methyl sites for hydroxylation is 1. The van der Waals surface area contributed by atoms with Crippen LogP contribution in [0.3, 0.4) is 0 Å². The van der Waals surface area contributed by atoms with Gasteiger partial charge >= 0.3 is 0 Å². The Morgan fingerprint density at radius 3 is 2.60 bits per heavy atom. The standard InChI is InChI=1S/C19H19N3O2S/c1-2-17(23)22-19-21-15-10-9-14(12-16(15)25-19)20-18(24)11-8-13-6-4-3-5-7-13/h3-7,9-10,12H,2,8,11H2,1H3,(H,20,24)(H,21,22,23). The SMILES string of the molecule is CCC(=O)Nc1nc2ccc(NC(=O)CCc3ccccc3)cc2s1. The van der Waals surface area contributed by atoms with Crippen LogP contribution in [0.25, 0.3) is 10.2 Å². The summed E-state index contributed by atoms with van der Waals surface area (Å²) >= 11 is 1.40. The van der Waals surface area contributed by atoms with Crippen molar-refractivity contribution in [3.05, 3.63) is 54.1 Å². The van der Waals surface area contributed by atoms with E-state index >= 15 is 0 Å². The minimum absolute atomic E-state index is 0.0211. The van der Waals surface area contributed by atoms with Crippen LogP contribution in [0, 0.1) is 0 Å². The molecule has 5 nitrogen and oxygen atoms in total. The molecule has 0 saturated carbocycles. The Bertz CT molecular complexity index is 890. The van der Waals surface area contributed by atoms with Crippen molar-refractivity contribution < 1.29 is 9.59 Å². The highest BCUT2D eigenvalue weighted by Crippen LogP contribution is 2.28. The smallest absolute Gasteiger partial charge is 0.225 e. The number of aromatic nitrogens is 1. The number of nitrogens with one attached hydrogen (secondary N) is 2. The number of carbonyl (C=O) groups excluding carboxylic acids is 2. The molecule has 0 aliphatic rings. The predicted molar refractivity (Wildman–Crippen MR) is 102 cm³/mol. The number of amides is 2. The number of fused-ring (bicyclic) bond motifs is 1. The third kappa shape index (κ3) is 4.64. The Morgan fingerprint density at radius 1 is 1.04 bits per heavy atom. The van der Waals surface area contributed by atoms with Gasteiger partial charge in [-0.15, -0.1) is 0 Å². The number of anilines is 2. The molecule has 2 amide bonds. The van der Waals surface area contributed by atoms with Crippen molar-refractivity contribution in [3.8, 4) is 0 Å². The van der Waals surface area contributed by atoms with Gasteiger partial charge in [-0.25, -0.2) is 4.98 Å². The Kier molecular flexibility index (Phi) is 5.40. The molecule has 6 heteroatoms. The van der Waals surface area contributed by atoms with Crippen LogP contribution in [0.5, 0.6) is 0 Å². The van der Waals surface area contributed by atoms with E-state index in [1.807, 2.05) is 48.5 Å². The number of thiazole rings is 1. The minimum Gasteiger partial charge on any atom is -0.326 e. The van der Waals surface area contributed by atoms with E-state index in [4.69, 9.17) is 0 Å². The van der Waals surface area contributed by atoms with E-state index in [1.54, 1.807) is 6.92 Å². The summed E-state index contributed by atoms with van der Waals surface area (Å²) in [7, 11) is 0. The first-order valence-corrected chi connectivity index (χ1v) is 9.00. The fourth-order valence-electron chi connectivity index (χ4n) is 2.39. The zero-order valence-corrected chi connectivity index (χ0v) is 14.7. The van der Waals surface area contributed by atoms with E-state index in [0.717, 1.165) is 21.5 Å². The molecule has 0 atom stereocenters. The van der Waals surface area contributed by atoms with E-state index in [1.165, 1.54) is 11.3 Å². The van der Waals surface area contributed by atoms with Gasteiger partial charge in [0.2, 0.25) is 11.8 Å². The second-order valence-electron chi connectivity index (χ2n) is 5.64. The van der Waals surface area contributed by atoms with Crippen LogP contribution in [-0.4, -0.2) is 16.8 Å². The first kappa shape index (κ1) is 17.1. The lowest BCUT2D eigenvalue weighted by atomic mass is 10.1. The van der Waals surface area contributed by atoms with E-state index in [0.29, 0.717) is 24.4 Å². The van der Waals surface area contributed by atoms with Crippen molar-refractivity contribution in [2.24, 2.45) is 0 Å². The first-order chi connectivity index (χ1) is 12.1. The lowest BCUT2D eigenvalue weighted by molar-refractivity contribution is -0.116. The third-order valence-corrected chi connectivity index (χ3v) is 4.66. The number of hydrogen-bond acceptors (Lipinski definition) is 4. The summed E-state index contributed by atoms with van der Waals surface area (Å²) in [5.41, 5.74) is 2.69. The third-order valence-electron chi connectivity index (χ3n) is 3.72. The summed E-state index contributed by atoms with van der Waals surface area (Å²) in [4.78, 5) is 28.0. The van der Waals surface area contributed by atoms with Crippen LogP contribution >= 0.6 is 11.3 Å². The highest BCUT2D eigenvalue weighted by molar-refractivity contribution is 7.22. The number of hydrogen-bond donors (Lipinski definition) is 2. The summed E-state index contributed by atoms with van der Waals surface area (Å²) < 4.78 is 0.923. The molecule has 2 aromatic carbocycles. The number of rotatable bonds is 6. The molecule has 3 rings (SSSR count). The van der Waals surface area contributed by atoms with Gasteiger partial charge in [0.1, 0.15) is 0 Å². The topological polar surface area (TPSA) is 71.1 Å². The second kappa shape index (κ2) is 7.90. The fourth-order valence-corrected chi connectivity index (χ4v) is 3.31. The van der Waals surface area contributed by atoms with E-state index in [9.17, 15) is 9.59 Å². The Balaban J connectivity index is 1.63. The van der Waals surface area contributed by atoms with Gasteiger partial charge in [0.05, 0.1) is 10.2 Å². The molecule has 2 N–H and O–H groups in total. The summed E-state index contributed by atoms with van der Waals surface area (Å²) in [6.45, 7) is 1.80. The highest BCUT2D eigenvalue weighted by atomic mass is 32.1. The van der Waals surface area contributed by atoms with Crippen LogP contribution in [0.2, 0.25) is 0 Å². The average molecular weight is 353 g/mol. The van der Waals surface area contributed by atoms with Gasteiger partial charge in [0, 0.05) is 18.5 Å². The first-order valence-electron chi connectivity index (χ1n) is 8.18. The van der Waals surface area contributed by atoms with Crippen molar-refractivity contribution in [2.45, 2.75) is 26.2 Å². The Morgan fingerprint density at radius 2 is 1.84 bits per heavy atom. The maximum Gasteiger partial charge on any atom is 0.225 e. The lowest BCUT2D eigenvalue weighted by Crippen LogP contribution is -2.12. The molecule has 0 aliphatic heterocycles. The summed E-state index contributed by atoms with van der Waals surface area (Å²) in [5.74, 6) is -0.0827. The lowest BCUT2D eigenvalue weighted by Gasteiger charge is -2.05. The molecule has 0 saturated heterocycles. The largest absolute Gasteiger partial charge is 0.326 e. The number of carbonyl (C=O) groups is 2. The molecule has 1 heterocycles. The van der Waals surface area contributed by atoms with Crippen molar-refractivity contribution in [3.63, 3.8) is 0 Å². The monoisotopic (exact) mass is 353 g/mol. The zero-order chi connectivity index (χ0) is 17.6. The van der Waals surface area contributed by atoms with Crippen LogP contribution in [0.4, 0.5) is 10.8 Å². The molecule has 128 valence electrons. The molecular weight excluding hydrogens is 334 g/mol. The maximum atomic E-state index is 12.1. The van der Waals surface area contributed by atoms with Crippen LogP contribution in [-0.2, 0) is 16.0 Å². The Labute approximate surface area is 150 Å². The van der Waals surface area contributed by atoms with Crippen molar-refractivity contribution >= 4 is 44.2 Å². The van der Waals surface area contributed by atoms with Crippen LogP contribution < -0.4 is 10.6 Å². The van der Waals surface area contributed by atoms with Gasteiger partial charge in [0.15, 0.2) is 5.13 Å². The molecule has 0 bridgehead atoms. The van der Waals surface area contributed by atoms with E-state index < -0.39 is 0 Å². The number of nitrogens with zero attached hydrogens (tertiary/aromatic N) is 1. The van der Waals surface area contributed by atoms with E-state index in [2.05, 4.69) is 15.6 Å². The van der Waals surface area contributed by atoms with Gasteiger partial charge in [0.25, 0.3) is 0 Å². The highest BCUT2D eigenvalue weighted by Gasteiger charge is 2.09. The summed E-state index contributed by atoms with van der Waals surface area (Å²) in [5, 5.41) is 6.26. The van der Waals surface area contributed by atoms with Gasteiger partial charge in [-0.05, 0) is 30.2 Å². The van der Waals surface area contributed by atoms with Gasteiger partial charge < -0.3 is 10.6 Å². The zero-order valence-electron chi connectivity index (χ0n) is 13.9. The predicted octanol–water partition coefficient (Wildman–Crippen LogP) is 4.22. The van der Waals surface area contributed by atoms with Crippen LogP contribution in [0.15, 0.2) is 48.5 Å². The van der Waals surface area contributed by atoms with Crippen molar-refractivity contribution in [2.75, 3.05) is 10.6 Å². The summed E-state index contributed by atoms with van der Waals surface area (Å²) in [6.07, 6.45) is 1.56. The number of benzene rings is 2. The van der Waals surface area contributed by atoms with E-state index in [-0.39, 0.29) is 11.8 Å². The minimum atomic E-state index is -0.0616. The van der Waals surface area contributed by atoms with Crippen LogP contribution in [0.1, 0.15) is 25.3 Å². The summed E-state index contributed by atoms with van der Waals surface area (Å²) in [6, 6.07) is 15.5. The average Bonchev–Trinajstić information content (AvgIpc) is 3.02. The molecule has 0 aliphatic carbocycles. The molecular formula is C19H19N3O2S. The van der Waals surface area contributed by atoms with Crippen molar-refractivity contribution in [1.29, 1.82) is 0 Å².